The third-order valence-electron chi connectivity index (χ3n) is 4.01. The predicted octanol–water partition coefficient (Wildman–Crippen LogP) is 1.57. The molecule has 0 aromatic heterocycles. The van der Waals surface area contributed by atoms with Gasteiger partial charge in [-0.15, -0.1) is 0 Å². The normalized spacial score (nSPS) is 19.2. The lowest BCUT2D eigenvalue weighted by atomic mass is 10.1. The van der Waals surface area contributed by atoms with Crippen molar-refractivity contribution in [3.63, 3.8) is 0 Å². The van der Waals surface area contributed by atoms with E-state index in [1.54, 1.807) is 7.05 Å². The van der Waals surface area contributed by atoms with Gasteiger partial charge in [0.1, 0.15) is 12.4 Å². The summed E-state index contributed by atoms with van der Waals surface area (Å²) in [6, 6.07) is 9.87. The van der Waals surface area contributed by atoms with Crippen LogP contribution < -0.4 is 15.4 Å². The molecule has 5 nitrogen and oxygen atoms in total. The number of aliphatic imine (C=N–C) groups is 1. The second-order valence-corrected chi connectivity index (χ2v) is 5.59. The average Bonchev–Trinajstić information content (AvgIpc) is 3.03. The van der Waals surface area contributed by atoms with Gasteiger partial charge in [-0.1, -0.05) is 25.1 Å². The zero-order valence-corrected chi connectivity index (χ0v) is 13.7. The first kappa shape index (κ1) is 16.6. The average molecular weight is 304 g/mol. The van der Waals surface area contributed by atoms with Gasteiger partial charge < -0.3 is 20.3 Å². The van der Waals surface area contributed by atoms with Crippen molar-refractivity contribution in [2.75, 3.05) is 46.4 Å². The molecule has 0 amide bonds. The molecule has 22 heavy (non-hydrogen) atoms. The van der Waals surface area contributed by atoms with Crippen molar-refractivity contribution in [2.24, 2.45) is 10.9 Å². The highest BCUT2D eigenvalue weighted by molar-refractivity contribution is 5.79. The largest absolute Gasteiger partial charge is 0.492 e. The molecule has 0 radical (unpaired) electrons. The fourth-order valence-corrected chi connectivity index (χ4v) is 2.68. The van der Waals surface area contributed by atoms with Gasteiger partial charge in [0, 0.05) is 20.1 Å². The molecule has 5 heteroatoms. The number of nitrogens with zero attached hydrogens (tertiary/aromatic N) is 2. The van der Waals surface area contributed by atoms with Crippen molar-refractivity contribution in [3.05, 3.63) is 30.3 Å². The van der Waals surface area contributed by atoms with Crippen LogP contribution in [-0.4, -0.2) is 57.2 Å². The second kappa shape index (κ2) is 9.30. The quantitative estimate of drug-likeness (QED) is 0.456. The van der Waals surface area contributed by atoms with E-state index in [1.807, 2.05) is 30.3 Å². The Morgan fingerprint density at radius 1 is 1.32 bits per heavy atom. The lowest BCUT2D eigenvalue weighted by Crippen LogP contribution is -2.41. The summed E-state index contributed by atoms with van der Waals surface area (Å²) in [7, 11) is 1.81. The summed E-state index contributed by atoms with van der Waals surface area (Å²) in [4.78, 5) is 6.75. The summed E-state index contributed by atoms with van der Waals surface area (Å²) in [5.41, 5.74) is 0. The van der Waals surface area contributed by atoms with Gasteiger partial charge in [-0.05, 0) is 37.6 Å². The molecule has 0 saturated carbocycles. The van der Waals surface area contributed by atoms with Gasteiger partial charge in [0.05, 0.1) is 6.54 Å². The fraction of sp³-hybridized carbons (Fsp3) is 0.588. The summed E-state index contributed by atoms with van der Waals surface area (Å²) in [6.07, 6.45) is 1.27. The molecule has 1 fully saturated rings. The van der Waals surface area contributed by atoms with E-state index in [2.05, 4.69) is 27.4 Å². The number of rotatable bonds is 7. The first-order valence-corrected chi connectivity index (χ1v) is 8.16. The molecule has 2 N–H and O–H groups in total. The molecule has 1 saturated heterocycles. The van der Waals surface area contributed by atoms with Gasteiger partial charge in [-0.25, -0.2) is 0 Å². The smallest absolute Gasteiger partial charge is 0.191 e. The number of likely N-dealkylation sites (tertiary alicyclic amines) is 1. The van der Waals surface area contributed by atoms with Gasteiger partial charge in [-0.3, -0.25) is 4.99 Å². The number of hydrogen-bond donors (Lipinski definition) is 2. The number of ether oxygens (including phenoxy) is 1. The summed E-state index contributed by atoms with van der Waals surface area (Å²) >= 11 is 0. The zero-order valence-electron chi connectivity index (χ0n) is 13.7. The highest BCUT2D eigenvalue weighted by Crippen LogP contribution is 2.14. The minimum absolute atomic E-state index is 0.623. The number of nitrogens with one attached hydrogen (secondary N) is 2. The van der Waals surface area contributed by atoms with E-state index in [-0.39, 0.29) is 0 Å². The molecule has 1 heterocycles. The minimum atomic E-state index is 0.623. The zero-order chi connectivity index (χ0) is 15.6. The summed E-state index contributed by atoms with van der Waals surface area (Å²) < 4.78 is 5.66. The SMILES string of the molecule is CCN1CCC(CNC(=NC)NCCOc2ccccc2)C1. The molecule has 1 aliphatic rings. The molecule has 0 spiro atoms. The monoisotopic (exact) mass is 304 g/mol. The van der Waals surface area contributed by atoms with Crippen LogP contribution in [-0.2, 0) is 0 Å². The van der Waals surface area contributed by atoms with E-state index in [1.165, 1.54) is 19.5 Å². The van der Waals surface area contributed by atoms with Crippen molar-refractivity contribution in [1.29, 1.82) is 0 Å². The summed E-state index contributed by atoms with van der Waals surface area (Å²) in [5, 5.41) is 6.70. The van der Waals surface area contributed by atoms with E-state index in [0.29, 0.717) is 6.61 Å². The highest BCUT2D eigenvalue weighted by atomic mass is 16.5. The molecule has 1 aromatic rings. The Bertz CT molecular complexity index is 449. The van der Waals surface area contributed by atoms with Gasteiger partial charge in [0.2, 0.25) is 0 Å². The van der Waals surface area contributed by atoms with Crippen molar-refractivity contribution in [3.8, 4) is 5.75 Å². The highest BCUT2D eigenvalue weighted by Gasteiger charge is 2.20. The predicted molar refractivity (Wildman–Crippen MR) is 91.5 cm³/mol. The molecule has 0 aliphatic carbocycles. The maximum atomic E-state index is 5.66. The number of para-hydroxylation sites is 1. The molecule has 1 atom stereocenters. The van der Waals surface area contributed by atoms with E-state index < -0.39 is 0 Å². The van der Waals surface area contributed by atoms with Crippen molar-refractivity contribution in [1.82, 2.24) is 15.5 Å². The lowest BCUT2D eigenvalue weighted by Gasteiger charge is -2.16. The molecule has 1 aliphatic heterocycles. The molecule has 1 aromatic carbocycles. The Kier molecular flexibility index (Phi) is 7.03. The van der Waals surface area contributed by atoms with Gasteiger partial charge in [-0.2, -0.15) is 0 Å². The Balaban J connectivity index is 1.59. The lowest BCUT2D eigenvalue weighted by molar-refractivity contribution is 0.321. The van der Waals surface area contributed by atoms with E-state index in [4.69, 9.17) is 4.74 Å². The Morgan fingerprint density at radius 2 is 2.14 bits per heavy atom. The van der Waals surface area contributed by atoms with Crippen molar-refractivity contribution >= 4 is 5.96 Å². The summed E-state index contributed by atoms with van der Waals surface area (Å²) in [6.45, 7) is 8.13. The molecule has 0 bridgehead atoms. The Labute approximate surface area is 133 Å². The van der Waals surface area contributed by atoms with E-state index in [0.717, 1.165) is 37.3 Å². The third kappa shape index (κ3) is 5.56. The van der Waals surface area contributed by atoms with Crippen LogP contribution in [0.2, 0.25) is 0 Å². The van der Waals surface area contributed by atoms with Crippen LogP contribution in [0.25, 0.3) is 0 Å². The van der Waals surface area contributed by atoms with Crippen LogP contribution >= 0.6 is 0 Å². The third-order valence-corrected chi connectivity index (χ3v) is 4.01. The van der Waals surface area contributed by atoms with Crippen LogP contribution in [0.15, 0.2) is 35.3 Å². The topological polar surface area (TPSA) is 48.9 Å². The van der Waals surface area contributed by atoms with Crippen LogP contribution in [0.1, 0.15) is 13.3 Å². The van der Waals surface area contributed by atoms with E-state index in [9.17, 15) is 0 Å². The fourth-order valence-electron chi connectivity index (χ4n) is 2.68. The minimum Gasteiger partial charge on any atom is -0.492 e. The Hall–Kier alpha value is -1.75. The van der Waals surface area contributed by atoms with Gasteiger partial charge in [0.25, 0.3) is 0 Å². The first-order valence-electron chi connectivity index (χ1n) is 8.16. The van der Waals surface area contributed by atoms with E-state index >= 15 is 0 Å². The van der Waals surface area contributed by atoms with Crippen LogP contribution in [0.3, 0.4) is 0 Å². The standard InChI is InChI=1S/C17H28N4O/c1-3-21-11-9-15(14-21)13-20-17(18-2)19-10-12-22-16-7-5-4-6-8-16/h4-8,15H,3,9-14H2,1-2H3,(H2,18,19,20). The maximum Gasteiger partial charge on any atom is 0.191 e. The molecular formula is C17H28N4O. The molecule has 2 rings (SSSR count). The van der Waals surface area contributed by atoms with Crippen molar-refractivity contribution < 1.29 is 4.74 Å². The molecule has 122 valence electrons. The van der Waals surface area contributed by atoms with Gasteiger partial charge in [0.15, 0.2) is 5.96 Å². The molecular weight excluding hydrogens is 276 g/mol. The van der Waals surface area contributed by atoms with Crippen LogP contribution in [0.4, 0.5) is 0 Å². The Morgan fingerprint density at radius 3 is 2.82 bits per heavy atom. The second-order valence-electron chi connectivity index (χ2n) is 5.59. The van der Waals surface area contributed by atoms with Gasteiger partial charge >= 0.3 is 0 Å². The maximum absolute atomic E-state index is 5.66. The van der Waals surface area contributed by atoms with Crippen molar-refractivity contribution in [2.45, 2.75) is 13.3 Å². The van der Waals surface area contributed by atoms with Crippen LogP contribution in [0.5, 0.6) is 5.75 Å². The first-order chi connectivity index (χ1) is 10.8. The molecule has 1 unspecified atom stereocenters. The number of guanidine groups is 1. The number of benzene rings is 1. The summed E-state index contributed by atoms with van der Waals surface area (Å²) in [5.74, 6) is 2.48. The van der Waals surface area contributed by atoms with Crippen LogP contribution in [0, 0.1) is 5.92 Å². The number of hydrogen-bond acceptors (Lipinski definition) is 3.